The molecule has 50 valence electrons. The number of rotatable bonds is 0. The van der Waals surface area contributed by atoms with Crippen LogP contribution in [0.4, 0.5) is 0 Å². The Kier molecular flexibility index (Phi) is 1.05. The predicted octanol–water partition coefficient (Wildman–Crippen LogP) is -2.00. The SMILES string of the molecule is O=C1CN[C@@H]2CNN[C@H]12. The van der Waals surface area contributed by atoms with Gasteiger partial charge in [-0.05, 0) is 0 Å². The molecule has 0 saturated carbocycles. The lowest BCUT2D eigenvalue weighted by atomic mass is 10.1. The largest absolute Gasteiger partial charge is 0.304 e. The van der Waals surface area contributed by atoms with Gasteiger partial charge in [-0.1, -0.05) is 0 Å². The molecule has 9 heavy (non-hydrogen) atoms. The first-order chi connectivity index (χ1) is 4.38. The van der Waals surface area contributed by atoms with Gasteiger partial charge in [0.25, 0.3) is 0 Å². The fraction of sp³-hybridized carbons (Fsp3) is 0.800. The van der Waals surface area contributed by atoms with E-state index in [1.165, 1.54) is 0 Å². The molecule has 3 N–H and O–H groups in total. The second-order valence-corrected chi connectivity index (χ2v) is 2.46. The lowest BCUT2D eigenvalue weighted by molar-refractivity contribution is -0.118. The molecule has 4 nitrogen and oxygen atoms in total. The zero-order valence-corrected chi connectivity index (χ0v) is 4.98. The van der Waals surface area contributed by atoms with Crippen molar-refractivity contribution in [3.8, 4) is 0 Å². The van der Waals surface area contributed by atoms with Gasteiger partial charge in [-0.15, -0.1) is 0 Å². The number of carbonyl (C=O) groups excluding carboxylic acids is 1. The number of ketones is 1. The fourth-order valence-electron chi connectivity index (χ4n) is 1.33. The van der Waals surface area contributed by atoms with Crippen molar-refractivity contribution in [3.05, 3.63) is 0 Å². The van der Waals surface area contributed by atoms with E-state index in [9.17, 15) is 4.79 Å². The summed E-state index contributed by atoms with van der Waals surface area (Å²) >= 11 is 0. The standard InChI is InChI=1S/C5H9N3O/c9-4-2-6-3-1-7-8-5(3)4/h3,5-8H,1-2H2/t3-,5+/m1/s1. The minimum absolute atomic E-state index is 0.0324. The number of fused-ring (bicyclic) bond motifs is 1. The maximum Gasteiger partial charge on any atom is 0.166 e. The molecule has 2 aliphatic heterocycles. The Labute approximate surface area is 53.0 Å². The summed E-state index contributed by atoms with van der Waals surface area (Å²) < 4.78 is 0. The van der Waals surface area contributed by atoms with E-state index in [0.717, 1.165) is 6.54 Å². The first-order valence-corrected chi connectivity index (χ1v) is 3.12. The Morgan fingerprint density at radius 3 is 3.22 bits per heavy atom. The monoisotopic (exact) mass is 127 g/mol. The Balaban J connectivity index is 2.15. The second kappa shape index (κ2) is 1.76. The molecule has 2 atom stereocenters. The summed E-state index contributed by atoms with van der Waals surface area (Å²) in [6.45, 7) is 1.39. The van der Waals surface area contributed by atoms with Crippen molar-refractivity contribution in [3.63, 3.8) is 0 Å². The van der Waals surface area contributed by atoms with Crippen LogP contribution in [0.2, 0.25) is 0 Å². The van der Waals surface area contributed by atoms with Crippen molar-refractivity contribution in [1.82, 2.24) is 16.2 Å². The molecule has 0 aliphatic carbocycles. The van der Waals surface area contributed by atoms with Crippen molar-refractivity contribution >= 4 is 5.78 Å². The number of nitrogens with one attached hydrogen (secondary N) is 3. The third-order valence-corrected chi connectivity index (χ3v) is 1.87. The number of carbonyl (C=O) groups is 1. The lowest BCUT2D eigenvalue weighted by Gasteiger charge is -2.02. The second-order valence-electron chi connectivity index (χ2n) is 2.46. The molecule has 4 heteroatoms. The van der Waals surface area contributed by atoms with E-state index >= 15 is 0 Å². The zero-order chi connectivity index (χ0) is 6.27. The van der Waals surface area contributed by atoms with Gasteiger partial charge in [0, 0.05) is 12.6 Å². The van der Waals surface area contributed by atoms with Crippen molar-refractivity contribution in [2.75, 3.05) is 13.1 Å². The third-order valence-electron chi connectivity index (χ3n) is 1.87. The van der Waals surface area contributed by atoms with Gasteiger partial charge in [0.05, 0.1) is 12.6 Å². The minimum Gasteiger partial charge on any atom is -0.304 e. The van der Waals surface area contributed by atoms with Crippen molar-refractivity contribution in [2.24, 2.45) is 0 Å². The molecule has 2 aliphatic rings. The van der Waals surface area contributed by atoms with E-state index in [4.69, 9.17) is 0 Å². The molecule has 0 aromatic heterocycles. The van der Waals surface area contributed by atoms with Crippen LogP contribution in [0.25, 0.3) is 0 Å². The van der Waals surface area contributed by atoms with E-state index in [-0.39, 0.29) is 11.8 Å². The number of Topliss-reactive ketones (excluding diaryl/α,β-unsaturated/α-hetero) is 1. The Morgan fingerprint density at radius 2 is 2.44 bits per heavy atom. The van der Waals surface area contributed by atoms with Crippen molar-refractivity contribution in [2.45, 2.75) is 12.1 Å². The van der Waals surface area contributed by atoms with Gasteiger partial charge in [-0.2, -0.15) is 0 Å². The third kappa shape index (κ3) is 0.676. The van der Waals surface area contributed by atoms with Gasteiger partial charge in [0.1, 0.15) is 0 Å². The molecule has 0 aromatic carbocycles. The number of hydrogen-bond acceptors (Lipinski definition) is 4. The van der Waals surface area contributed by atoms with Gasteiger partial charge in [0.15, 0.2) is 5.78 Å². The molecule has 0 unspecified atom stereocenters. The van der Waals surface area contributed by atoms with Crippen LogP contribution in [-0.2, 0) is 4.79 Å². The summed E-state index contributed by atoms with van der Waals surface area (Å²) in [7, 11) is 0. The van der Waals surface area contributed by atoms with E-state index in [1.807, 2.05) is 0 Å². The van der Waals surface area contributed by atoms with Crippen LogP contribution in [-0.4, -0.2) is 31.0 Å². The van der Waals surface area contributed by atoms with Crippen LogP contribution < -0.4 is 16.2 Å². The highest BCUT2D eigenvalue weighted by Crippen LogP contribution is 2.05. The molecule has 2 rings (SSSR count). The molecule has 2 heterocycles. The van der Waals surface area contributed by atoms with Gasteiger partial charge in [0.2, 0.25) is 0 Å². The summed E-state index contributed by atoms with van der Waals surface area (Å²) in [6.07, 6.45) is 0. The molecule has 0 radical (unpaired) electrons. The molecule has 0 aromatic rings. The topological polar surface area (TPSA) is 53.2 Å². The summed E-state index contributed by atoms with van der Waals surface area (Å²) in [5.74, 6) is 0.269. The minimum atomic E-state index is 0.0324. The molecule has 0 bridgehead atoms. The van der Waals surface area contributed by atoms with E-state index in [0.29, 0.717) is 12.6 Å². The lowest BCUT2D eigenvalue weighted by Crippen LogP contribution is -2.36. The maximum atomic E-state index is 10.9. The van der Waals surface area contributed by atoms with Gasteiger partial charge in [-0.3, -0.25) is 10.2 Å². The highest BCUT2D eigenvalue weighted by molar-refractivity contribution is 5.89. The van der Waals surface area contributed by atoms with E-state index < -0.39 is 0 Å². The molecule has 0 amide bonds. The highest BCUT2D eigenvalue weighted by atomic mass is 16.1. The van der Waals surface area contributed by atoms with Crippen LogP contribution in [0.3, 0.4) is 0 Å². The van der Waals surface area contributed by atoms with Crippen molar-refractivity contribution < 1.29 is 4.79 Å². The smallest absolute Gasteiger partial charge is 0.166 e. The summed E-state index contributed by atoms with van der Waals surface area (Å²) in [6, 6.07) is 0.363. The van der Waals surface area contributed by atoms with Gasteiger partial charge >= 0.3 is 0 Å². The van der Waals surface area contributed by atoms with Crippen molar-refractivity contribution in [1.29, 1.82) is 0 Å². The van der Waals surface area contributed by atoms with Gasteiger partial charge in [-0.25, -0.2) is 5.43 Å². The predicted molar refractivity (Wildman–Crippen MR) is 31.7 cm³/mol. The summed E-state index contributed by atoms with van der Waals surface area (Å²) in [5, 5.41) is 3.09. The average molecular weight is 127 g/mol. The normalized spacial score (nSPS) is 41.6. The quantitative estimate of drug-likeness (QED) is 0.352. The first kappa shape index (κ1) is 5.34. The Morgan fingerprint density at radius 1 is 1.56 bits per heavy atom. The molecule has 2 fully saturated rings. The molecule has 2 saturated heterocycles. The van der Waals surface area contributed by atoms with E-state index in [1.54, 1.807) is 0 Å². The molecule has 0 spiro atoms. The summed E-state index contributed by atoms with van der Waals surface area (Å²) in [4.78, 5) is 10.9. The van der Waals surface area contributed by atoms with Crippen LogP contribution in [0.1, 0.15) is 0 Å². The van der Waals surface area contributed by atoms with Crippen LogP contribution >= 0.6 is 0 Å². The highest BCUT2D eigenvalue weighted by Gasteiger charge is 2.37. The molecular formula is C5H9N3O. The van der Waals surface area contributed by atoms with E-state index in [2.05, 4.69) is 16.2 Å². The first-order valence-electron chi connectivity index (χ1n) is 3.12. The number of hydrazine groups is 1. The van der Waals surface area contributed by atoms with Crippen LogP contribution in [0.5, 0.6) is 0 Å². The Hall–Kier alpha value is -0.450. The fourth-order valence-corrected chi connectivity index (χ4v) is 1.33. The average Bonchev–Trinajstić information content (AvgIpc) is 2.35. The summed E-state index contributed by atoms with van der Waals surface area (Å²) in [5.41, 5.74) is 5.83. The van der Waals surface area contributed by atoms with Crippen LogP contribution in [0, 0.1) is 0 Å². The number of hydrogen-bond donors (Lipinski definition) is 3. The zero-order valence-electron chi connectivity index (χ0n) is 4.98. The maximum absolute atomic E-state index is 10.9. The van der Waals surface area contributed by atoms with Gasteiger partial charge < -0.3 is 5.32 Å². The molecular weight excluding hydrogens is 118 g/mol. The van der Waals surface area contributed by atoms with Crippen LogP contribution in [0.15, 0.2) is 0 Å². The Bertz CT molecular complexity index is 147.